The van der Waals surface area contributed by atoms with Gasteiger partial charge in [0.2, 0.25) is 10.0 Å². The molecule has 5 nitrogen and oxygen atoms in total. The van der Waals surface area contributed by atoms with Gasteiger partial charge in [0.25, 0.3) is 0 Å². The van der Waals surface area contributed by atoms with Gasteiger partial charge in [0, 0.05) is 13.0 Å². The highest BCUT2D eigenvalue weighted by atomic mass is 32.2. The van der Waals surface area contributed by atoms with Crippen LogP contribution in [0.25, 0.3) is 0 Å². The van der Waals surface area contributed by atoms with Crippen molar-refractivity contribution in [3.05, 3.63) is 0 Å². The van der Waals surface area contributed by atoms with E-state index in [1.54, 1.807) is 20.8 Å². The van der Waals surface area contributed by atoms with E-state index >= 15 is 0 Å². The fourth-order valence-electron chi connectivity index (χ4n) is 0.863. The van der Waals surface area contributed by atoms with Crippen LogP contribution in [0.3, 0.4) is 0 Å². The number of amidine groups is 1. The molecule has 0 bridgehead atoms. The Labute approximate surface area is 92.0 Å². The largest absolute Gasteiger partial charge is 0.388 e. The predicted molar refractivity (Wildman–Crippen MR) is 62.4 cm³/mol. The monoisotopic (exact) mass is 235 g/mol. The zero-order valence-corrected chi connectivity index (χ0v) is 10.4. The van der Waals surface area contributed by atoms with Crippen molar-refractivity contribution >= 4 is 15.9 Å². The summed E-state index contributed by atoms with van der Waals surface area (Å²) in [5.41, 5.74) is 5.17. The van der Waals surface area contributed by atoms with E-state index in [1.165, 1.54) is 0 Å². The molecular formula is C9H21N3O2S. The van der Waals surface area contributed by atoms with Gasteiger partial charge in [-0.25, -0.2) is 13.1 Å². The van der Waals surface area contributed by atoms with Crippen LogP contribution in [0.15, 0.2) is 0 Å². The van der Waals surface area contributed by atoms with Crippen LogP contribution in [0.4, 0.5) is 0 Å². The van der Waals surface area contributed by atoms with Crippen LogP contribution in [-0.2, 0) is 10.0 Å². The van der Waals surface area contributed by atoms with Gasteiger partial charge in [-0.15, -0.1) is 0 Å². The standard InChI is InChI=1S/C9H21N3O2S/c1-9(2,3)15(13,14)12-7-5-4-6-8(10)11/h12H,4-7H2,1-3H3,(H3,10,11). The smallest absolute Gasteiger partial charge is 0.216 e. The molecule has 0 fully saturated rings. The first-order chi connectivity index (χ1) is 6.67. The van der Waals surface area contributed by atoms with Crippen LogP contribution in [0.1, 0.15) is 40.0 Å². The second kappa shape index (κ2) is 5.46. The Kier molecular flexibility index (Phi) is 5.23. The summed E-state index contributed by atoms with van der Waals surface area (Å²) in [6.45, 7) is 5.38. The first-order valence-corrected chi connectivity index (χ1v) is 6.47. The summed E-state index contributed by atoms with van der Waals surface area (Å²) in [5, 5.41) is 6.99. The summed E-state index contributed by atoms with van der Waals surface area (Å²) in [4.78, 5) is 0. The maximum absolute atomic E-state index is 11.6. The van der Waals surface area contributed by atoms with Gasteiger partial charge in [-0.05, 0) is 33.6 Å². The molecule has 0 aliphatic rings. The van der Waals surface area contributed by atoms with Crippen molar-refractivity contribution in [1.29, 1.82) is 5.41 Å². The molecule has 0 aromatic carbocycles. The molecule has 15 heavy (non-hydrogen) atoms. The normalized spacial score (nSPS) is 12.7. The summed E-state index contributed by atoms with van der Waals surface area (Å²) in [6.07, 6.45) is 1.97. The maximum atomic E-state index is 11.6. The molecule has 0 aliphatic heterocycles. The lowest BCUT2D eigenvalue weighted by Gasteiger charge is -2.19. The van der Waals surface area contributed by atoms with E-state index in [9.17, 15) is 8.42 Å². The molecule has 0 aromatic rings. The third-order valence-electron chi connectivity index (χ3n) is 1.97. The van der Waals surface area contributed by atoms with Crippen molar-refractivity contribution in [2.24, 2.45) is 5.73 Å². The van der Waals surface area contributed by atoms with Gasteiger partial charge in [-0.1, -0.05) is 0 Å². The van der Waals surface area contributed by atoms with Crippen LogP contribution in [0.5, 0.6) is 0 Å². The van der Waals surface area contributed by atoms with E-state index < -0.39 is 14.8 Å². The van der Waals surface area contributed by atoms with Gasteiger partial charge < -0.3 is 5.73 Å². The highest BCUT2D eigenvalue weighted by molar-refractivity contribution is 7.90. The Hall–Kier alpha value is -0.620. The first-order valence-electron chi connectivity index (χ1n) is 4.99. The predicted octanol–water partition coefficient (Wildman–Crippen LogP) is 0.811. The molecule has 90 valence electrons. The van der Waals surface area contributed by atoms with Gasteiger partial charge in [0.05, 0.1) is 10.6 Å². The number of nitrogens with two attached hydrogens (primary N) is 1. The minimum atomic E-state index is -3.23. The highest BCUT2D eigenvalue weighted by Gasteiger charge is 2.27. The zero-order valence-electron chi connectivity index (χ0n) is 9.63. The van der Waals surface area contributed by atoms with Gasteiger partial charge >= 0.3 is 0 Å². The molecule has 0 saturated carbocycles. The molecule has 0 unspecified atom stereocenters. The van der Waals surface area contributed by atoms with Gasteiger partial charge in [0.15, 0.2) is 0 Å². The lowest BCUT2D eigenvalue weighted by molar-refractivity contribution is 0.542. The van der Waals surface area contributed by atoms with Crippen molar-refractivity contribution in [2.45, 2.75) is 44.8 Å². The quantitative estimate of drug-likeness (QED) is 0.361. The van der Waals surface area contributed by atoms with E-state index in [4.69, 9.17) is 11.1 Å². The lowest BCUT2D eigenvalue weighted by Crippen LogP contribution is -2.39. The number of nitrogens with one attached hydrogen (secondary N) is 2. The summed E-state index contributed by atoms with van der Waals surface area (Å²) < 4.78 is 24.9. The number of hydrogen-bond donors (Lipinski definition) is 3. The molecule has 0 radical (unpaired) electrons. The molecule has 4 N–H and O–H groups in total. The van der Waals surface area contributed by atoms with Gasteiger partial charge in [-0.2, -0.15) is 0 Å². The Morgan fingerprint density at radius 3 is 2.27 bits per heavy atom. The highest BCUT2D eigenvalue weighted by Crippen LogP contribution is 2.12. The van der Waals surface area contributed by atoms with Crippen molar-refractivity contribution < 1.29 is 8.42 Å². The molecule has 0 aliphatic carbocycles. The fourth-order valence-corrected chi connectivity index (χ4v) is 1.71. The van der Waals surface area contributed by atoms with Crippen molar-refractivity contribution in [1.82, 2.24) is 4.72 Å². The van der Waals surface area contributed by atoms with Crippen LogP contribution < -0.4 is 10.5 Å². The van der Waals surface area contributed by atoms with E-state index in [1.807, 2.05) is 0 Å². The van der Waals surface area contributed by atoms with Crippen molar-refractivity contribution in [3.63, 3.8) is 0 Å². The molecule has 0 spiro atoms. The number of sulfonamides is 1. The third kappa shape index (κ3) is 5.74. The van der Waals surface area contributed by atoms with E-state index in [2.05, 4.69) is 4.72 Å². The van der Waals surface area contributed by atoms with E-state index in [-0.39, 0.29) is 5.84 Å². The van der Waals surface area contributed by atoms with Gasteiger partial charge in [-0.3, -0.25) is 5.41 Å². The van der Waals surface area contributed by atoms with Crippen LogP contribution >= 0.6 is 0 Å². The topological polar surface area (TPSA) is 96.0 Å². The third-order valence-corrected chi connectivity index (χ3v) is 4.17. The molecule has 0 atom stereocenters. The first kappa shape index (κ1) is 14.4. The minimum Gasteiger partial charge on any atom is -0.388 e. The van der Waals surface area contributed by atoms with Crippen LogP contribution in [-0.4, -0.2) is 25.5 Å². The second-order valence-corrected chi connectivity index (χ2v) is 7.01. The number of hydrogen-bond acceptors (Lipinski definition) is 3. The molecule has 0 aromatic heterocycles. The Balaban J connectivity index is 3.83. The van der Waals surface area contributed by atoms with Crippen molar-refractivity contribution in [2.75, 3.05) is 6.54 Å². The summed E-state index contributed by atoms with van der Waals surface area (Å²) >= 11 is 0. The number of rotatable bonds is 6. The Bertz CT molecular complexity index is 304. The average molecular weight is 235 g/mol. The van der Waals surface area contributed by atoms with Gasteiger partial charge in [0.1, 0.15) is 0 Å². The van der Waals surface area contributed by atoms with Crippen LogP contribution in [0, 0.1) is 5.41 Å². The number of unbranched alkanes of at least 4 members (excludes halogenated alkanes) is 1. The Morgan fingerprint density at radius 1 is 1.33 bits per heavy atom. The fraction of sp³-hybridized carbons (Fsp3) is 0.889. The summed E-state index contributed by atoms with van der Waals surface area (Å²) in [6, 6.07) is 0. The Morgan fingerprint density at radius 2 is 1.87 bits per heavy atom. The summed E-state index contributed by atoms with van der Waals surface area (Å²) in [7, 11) is -3.23. The molecule has 0 rings (SSSR count). The molecule has 0 heterocycles. The maximum Gasteiger partial charge on any atom is 0.216 e. The molecule has 0 saturated heterocycles. The van der Waals surface area contributed by atoms with E-state index in [0.29, 0.717) is 19.4 Å². The summed E-state index contributed by atoms with van der Waals surface area (Å²) in [5.74, 6) is 0.147. The average Bonchev–Trinajstić information content (AvgIpc) is 2.00. The lowest BCUT2D eigenvalue weighted by atomic mass is 10.2. The van der Waals surface area contributed by atoms with E-state index in [0.717, 1.165) is 6.42 Å². The zero-order chi connectivity index (χ0) is 12.1. The molecule has 0 amide bonds. The van der Waals surface area contributed by atoms with Crippen LogP contribution in [0.2, 0.25) is 0 Å². The minimum absolute atomic E-state index is 0.147. The second-order valence-electron chi connectivity index (χ2n) is 4.49. The van der Waals surface area contributed by atoms with Crippen molar-refractivity contribution in [3.8, 4) is 0 Å². The molecular weight excluding hydrogens is 214 g/mol. The molecule has 6 heteroatoms. The SMILES string of the molecule is CC(C)(C)S(=O)(=O)NCCCCC(=N)N.